The normalized spacial score (nSPS) is 11.9. The van der Waals surface area contributed by atoms with Gasteiger partial charge in [0.05, 0.1) is 0 Å². The summed E-state index contributed by atoms with van der Waals surface area (Å²) in [5.41, 5.74) is 2.33. The van der Waals surface area contributed by atoms with Crippen LogP contribution < -0.4 is 15.9 Å². The first kappa shape index (κ1) is 18.7. The Morgan fingerprint density at radius 2 is 0.962 bits per heavy atom. The molecule has 0 radical (unpaired) electrons. The minimum absolute atomic E-state index is 0.314. The van der Waals surface area contributed by atoms with Crippen LogP contribution in [0.3, 0.4) is 0 Å². The third kappa shape index (κ3) is 3.29. The van der Waals surface area contributed by atoms with Crippen LogP contribution in [0.2, 0.25) is 0 Å². The maximum Gasteiger partial charge on any atom is 0.171 e. The van der Waals surface area contributed by atoms with Crippen molar-refractivity contribution in [2.24, 2.45) is 0 Å². The minimum Gasteiger partial charge on any atom is -0.309 e. The Balaban J connectivity index is 2.40. The van der Waals surface area contributed by atoms with E-state index in [1.165, 1.54) is 11.1 Å². The first-order chi connectivity index (χ1) is 12.5. The number of hydrogen-bond acceptors (Lipinski definition) is 1. The summed E-state index contributed by atoms with van der Waals surface area (Å²) in [5.74, 6) is 0.629. The molecule has 3 rings (SSSR count). The van der Waals surface area contributed by atoms with Gasteiger partial charge in [0, 0.05) is 15.9 Å². The van der Waals surface area contributed by atoms with Crippen LogP contribution in [0, 0.1) is 0 Å². The van der Waals surface area contributed by atoms with Gasteiger partial charge < -0.3 is 4.57 Å². The minimum atomic E-state index is -2.96. The lowest BCUT2D eigenvalue weighted by Gasteiger charge is -2.27. The molecule has 0 aliphatic rings. The van der Waals surface area contributed by atoms with Gasteiger partial charge in [-0.2, -0.15) is 0 Å². The molecule has 0 aliphatic heterocycles. The fourth-order valence-electron chi connectivity index (χ4n) is 3.57. The summed E-state index contributed by atoms with van der Waals surface area (Å²) in [5, 5.41) is 2.84. The highest BCUT2D eigenvalue weighted by Crippen LogP contribution is 2.46. The van der Waals surface area contributed by atoms with E-state index in [1.54, 1.807) is 0 Å². The summed E-state index contributed by atoms with van der Waals surface area (Å²) in [6, 6.07) is 26.4. The molecule has 0 saturated heterocycles. The Hall–Kier alpha value is -2.11. The SMILES string of the molecule is CC(C)c1ccccc1P(=O)(c1ccccc1)c1ccccc1C(C)C. The Labute approximate surface area is 157 Å². The zero-order chi connectivity index (χ0) is 18.7. The van der Waals surface area contributed by atoms with Crippen molar-refractivity contribution in [2.45, 2.75) is 39.5 Å². The van der Waals surface area contributed by atoms with Crippen molar-refractivity contribution in [1.29, 1.82) is 0 Å². The van der Waals surface area contributed by atoms with Crippen LogP contribution in [0.15, 0.2) is 78.9 Å². The molecule has 0 saturated carbocycles. The lowest BCUT2D eigenvalue weighted by atomic mass is 10.0. The maximum atomic E-state index is 14.9. The van der Waals surface area contributed by atoms with Crippen LogP contribution in [0.1, 0.15) is 50.7 Å². The van der Waals surface area contributed by atoms with Crippen molar-refractivity contribution in [2.75, 3.05) is 0 Å². The molecule has 0 unspecified atom stereocenters. The van der Waals surface area contributed by atoms with Crippen molar-refractivity contribution in [1.82, 2.24) is 0 Å². The van der Waals surface area contributed by atoms with Crippen molar-refractivity contribution >= 4 is 23.1 Å². The number of benzene rings is 3. The molecule has 26 heavy (non-hydrogen) atoms. The second kappa shape index (κ2) is 7.64. The van der Waals surface area contributed by atoms with E-state index in [9.17, 15) is 4.57 Å². The van der Waals surface area contributed by atoms with Crippen molar-refractivity contribution < 1.29 is 4.57 Å². The maximum absolute atomic E-state index is 14.9. The van der Waals surface area contributed by atoms with E-state index in [0.29, 0.717) is 11.8 Å². The van der Waals surface area contributed by atoms with E-state index >= 15 is 0 Å². The highest BCUT2D eigenvalue weighted by molar-refractivity contribution is 7.85. The van der Waals surface area contributed by atoms with Gasteiger partial charge in [0.15, 0.2) is 7.14 Å². The van der Waals surface area contributed by atoms with Crippen LogP contribution in [0.5, 0.6) is 0 Å². The van der Waals surface area contributed by atoms with Gasteiger partial charge in [0.2, 0.25) is 0 Å². The molecule has 0 spiro atoms. The van der Waals surface area contributed by atoms with Gasteiger partial charge in [-0.05, 0) is 23.0 Å². The molecule has 0 N–H and O–H groups in total. The predicted octanol–water partition coefficient (Wildman–Crippen LogP) is 5.57. The molecule has 0 atom stereocenters. The van der Waals surface area contributed by atoms with E-state index < -0.39 is 7.14 Å². The van der Waals surface area contributed by atoms with Crippen LogP contribution in [-0.2, 0) is 4.57 Å². The van der Waals surface area contributed by atoms with Gasteiger partial charge in [-0.15, -0.1) is 0 Å². The lowest BCUT2D eigenvalue weighted by molar-refractivity contribution is 0.592. The third-order valence-corrected chi connectivity index (χ3v) is 8.11. The van der Waals surface area contributed by atoms with E-state index in [0.717, 1.165) is 15.9 Å². The van der Waals surface area contributed by atoms with Crippen molar-refractivity contribution in [3.63, 3.8) is 0 Å². The topological polar surface area (TPSA) is 17.1 Å². The van der Waals surface area contributed by atoms with Crippen molar-refractivity contribution in [3.05, 3.63) is 90.0 Å². The Morgan fingerprint density at radius 1 is 0.577 bits per heavy atom. The fourth-order valence-corrected chi connectivity index (χ4v) is 6.96. The molecule has 0 heterocycles. The van der Waals surface area contributed by atoms with Gasteiger partial charge in [0.1, 0.15) is 0 Å². The van der Waals surface area contributed by atoms with Crippen LogP contribution >= 0.6 is 7.14 Å². The highest BCUT2D eigenvalue weighted by atomic mass is 31.2. The van der Waals surface area contributed by atoms with Gasteiger partial charge >= 0.3 is 0 Å². The Bertz CT molecular complexity index is 870. The summed E-state index contributed by atoms with van der Waals surface area (Å²) >= 11 is 0. The molecule has 1 nitrogen and oxygen atoms in total. The summed E-state index contributed by atoms with van der Waals surface area (Å²) in [6.45, 7) is 8.68. The predicted molar refractivity (Wildman–Crippen MR) is 114 cm³/mol. The summed E-state index contributed by atoms with van der Waals surface area (Å²) in [6.07, 6.45) is 0. The third-order valence-electron chi connectivity index (χ3n) is 4.92. The molecule has 0 bridgehead atoms. The second-order valence-electron chi connectivity index (χ2n) is 7.37. The number of rotatable bonds is 5. The lowest BCUT2D eigenvalue weighted by Crippen LogP contribution is -2.30. The van der Waals surface area contributed by atoms with Gasteiger partial charge in [0.25, 0.3) is 0 Å². The first-order valence-corrected chi connectivity index (χ1v) is 11.0. The Morgan fingerprint density at radius 3 is 1.38 bits per heavy atom. The molecule has 0 amide bonds. The fraction of sp³-hybridized carbons (Fsp3) is 0.250. The average Bonchev–Trinajstić information content (AvgIpc) is 2.68. The molecule has 0 aromatic heterocycles. The quantitative estimate of drug-likeness (QED) is 0.542. The zero-order valence-corrected chi connectivity index (χ0v) is 16.9. The first-order valence-electron chi connectivity index (χ1n) is 9.31. The van der Waals surface area contributed by atoms with Gasteiger partial charge in [-0.25, -0.2) is 0 Å². The largest absolute Gasteiger partial charge is 0.309 e. The molecule has 3 aromatic carbocycles. The summed E-state index contributed by atoms with van der Waals surface area (Å²) in [4.78, 5) is 0. The molecule has 2 heteroatoms. The standard InChI is InChI=1S/C24H27OP/c1-18(2)21-14-8-10-16-23(21)26(25,20-12-6-5-7-13-20)24-17-11-9-15-22(24)19(3)4/h5-19H,1-4H3. The smallest absolute Gasteiger partial charge is 0.171 e. The molecule has 3 aromatic rings. The van der Waals surface area contributed by atoms with E-state index in [-0.39, 0.29) is 0 Å². The summed E-state index contributed by atoms with van der Waals surface area (Å²) in [7, 11) is -2.96. The van der Waals surface area contributed by atoms with Crippen LogP contribution in [-0.4, -0.2) is 0 Å². The molecule has 0 aliphatic carbocycles. The zero-order valence-electron chi connectivity index (χ0n) is 16.0. The van der Waals surface area contributed by atoms with Gasteiger partial charge in [-0.3, -0.25) is 0 Å². The number of hydrogen-bond donors (Lipinski definition) is 0. The van der Waals surface area contributed by atoms with Gasteiger partial charge in [-0.1, -0.05) is 107 Å². The van der Waals surface area contributed by atoms with E-state index in [4.69, 9.17) is 0 Å². The van der Waals surface area contributed by atoms with Crippen LogP contribution in [0.4, 0.5) is 0 Å². The molecular formula is C24H27OP. The monoisotopic (exact) mass is 362 g/mol. The summed E-state index contributed by atoms with van der Waals surface area (Å²) < 4.78 is 14.9. The average molecular weight is 362 g/mol. The second-order valence-corrected chi connectivity index (χ2v) is 10.1. The van der Waals surface area contributed by atoms with E-state index in [2.05, 4.69) is 52.0 Å². The highest BCUT2D eigenvalue weighted by Gasteiger charge is 2.34. The van der Waals surface area contributed by atoms with Crippen LogP contribution in [0.25, 0.3) is 0 Å². The van der Waals surface area contributed by atoms with E-state index in [1.807, 2.05) is 54.6 Å². The van der Waals surface area contributed by atoms with Crippen molar-refractivity contribution in [3.8, 4) is 0 Å². The Kier molecular flexibility index (Phi) is 5.49. The molecule has 134 valence electrons. The molecule has 0 fully saturated rings. The molecular weight excluding hydrogens is 335 g/mol.